The van der Waals surface area contributed by atoms with Gasteiger partial charge in [-0.3, -0.25) is 0 Å². The Bertz CT molecular complexity index is 714. The SMILES string of the molecule is CCCCCCC[C@H]1CC[C@H]([C@H]2CC[C@H](CC=CCOCC=CC[C@H]3CC[C@H]([C@H]4CC[C@H](CCCCCCC)CC4)CC3)CC2)CC1. The van der Waals surface area contributed by atoms with E-state index in [2.05, 4.69) is 38.2 Å². The molecule has 4 saturated carbocycles. The first kappa shape index (κ1) is 39.2. The summed E-state index contributed by atoms with van der Waals surface area (Å²) in [5.41, 5.74) is 0. The highest BCUT2D eigenvalue weighted by Crippen LogP contribution is 2.44. The Labute approximate surface area is 295 Å². The van der Waals surface area contributed by atoms with E-state index in [-0.39, 0.29) is 0 Å². The lowest BCUT2D eigenvalue weighted by Crippen LogP contribution is -2.25. The first-order valence-electron chi connectivity index (χ1n) is 22.1. The summed E-state index contributed by atoms with van der Waals surface area (Å²) in [5.74, 6) is 8.19. The van der Waals surface area contributed by atoms with Crippen molar-refractivity contribution in [2.24, 2.45) is 47.3 Å². The number of allylic oxidation sites excluding steroid dienone is 2. The van der Waals surface area contributed by atoms with Crippen LogP contribution in [0.2, 0.25) is 0 Å². The largest absolute Gasteiger partial charge is 0.373 e. The van der Waals surface area contributed by atoms with Gasteiger partial charge in [0.05, 0.1) is 13.2 Å². The van der Waals surface area contributed by atoms with E-state index in [0.29, 0.717) is 0 Å². The quantitative estimate of drug-likeness (QED) is 0.0837. The van der Waals surface area contributed by atoms with Crippen LogP contribution < -0.4 is 0 Å². The van der Waals surface area contributed by atoms with Crippen LogP contribution in [0.1, 0.15) is 206 Å². The molecule has 0 spiro atoms. The summed E-state index contributed by atoms with van der Waals surface area (Å²) >= 11 is 0. The van der Waals surface area contributed by atoms with Crippen molar-refractivity contribution in [3.63, 3.8) is 0 Å². The van der Waals surface area contributed by atoms with Crippen molar-refractivity contribution in [2.75, 3.05) is 13.2 Å². The summed E-state index contributed by atoms with van der Waals surface area (Å²) in [5, 5.41) is 0. The average Bonchev–Trinajstić information content (AvgIpc) is 3.12. The Morgan fingerprint density at radius 1 is 0.362 bits per heavy atom. The molecule has 4 aliphatic rings. The molecule has 0 atom stereocenters. The van der Waals surface area contributed by atoms with Crippen LogP contribution in [0.25, 0.3) is 0 Å². The number of rotatable bonds is 22. The lowest BCUT2D eigenvalue weighted by atomic mass is 9.68. The Balaban J connectivity index is 0.936. The molecule has 0 saturated heterocycles. The molecular weight excluding hydrogens is 569 g/mol. The molecule has 0 aromatic heterocycles. The first-order chi connectivity index (χ1) is 23.2. The highest BCUT2D eigenvalue weighted by Gasteiger charge is 2.31. The number of ether oxygens (including phenoxy) is 1. The van der Waals surface area contributed by atoms with Crippen molar-refractivity contribution < 1.29 is 4.74 Å². The minimum atomic E-state index is 0.785. The summed E-state index contributed by atoms with van der Waals surface area (Å²) in [4.78, 5) is 0. The Hall–Kier alpha value is -0.560. The molecule has 1 heteroatoms. The lowest BCUT2D eigenvalue weighted by molar-refractivity contribution is 0.143. The van der Waals surface area contributed by atoms with Crippen molar-refractivity contribution in [1.82, 2.24) is 0 Å². The van der Waals surface area contributed by atoms with Crippen molar-refractivity contribution in [3.05, 3.63) is 24.3 Å². The maximum atomic E-state index is 5.93. The first-order valence-corrected chi connectivity index (χ1v) is 22.1. The summed E-state index contributed by atoms with van der Waals surface area (Å²) in [7, 11) is 0. The predicted octanol–water partition coefficient (Wildman–Crippen LogP) is 14.8. The van der Waals surface area contributed by atoms with Gasteiger partial charge in [-0.25, -0.2) is 0 Å². The van der Waals surface area contributed by atoms with Gasteiger partial charge in [-0.2, -0.15) is 0 Å². The van der Waals surface area contributed by atoms with Crippen LogP contribution in [0.3, 0.4) is 0 Å². The third kappa shape index (κ3) is 15.9. The highest BCUT2D eigenvalue weighted by atomic mass is 16.5. The van der Waals surface area contributed by atoms with Gasteiger partial charge in [-0.15, -0.1) is 0 Å². The molecule has 4 aliphatic carbocycles. The van der Waals surface area contributed by atoms with Crippen LogP contribution in [0.5, 0.6) is 0 Å². The van der Waals surface area contributed by atoms with Gasteiger partial charge in [-0.05, 0) is 137 Å². The molecule has 0 aliphatic heterocycles. The average molecular weight is 651 g/mol. The standard InChI is InChI=1S/C46H82O/c1-3-5-7-9-11-17-39-21-29-43(30-22-39)45-33-25-41(26-34-45)19-13-15-37-47-38-16-14-20-42-27-35-46(36-28-42)44-31-23-40(24-32-44)18-12-10-8-6-4-2/h13-16,39-46H,3-12,17-38H2,1-2H3/t39-,40-,41-,42-,43-,44-,45-,46-. The molecule has 272 valence electrons. The Kier molecular flexibility index (Phi) is 20.5. The monoisotopic (exact) mass is 651 g/mol. The maximum Gasteiger partial charge on any atom is 0.0651 e. The van der Waals surface area contributed by atoms with Gasteiger partial charge in [0.25, 0.3) is 0 Å². The summed E-state index contributed by atoms with van der Waals surface area (Å²) in [6.45, 7) is 6.22. The Morgan fingerprint density at radius 2 is 0.681 bits per heavy atom. The van der Waals surface area contributed by atoms with E-state index in [4.69, 9.17) is 4.74 Å². The van der Waals surface area contributed by atoms with Gasteiger partial charge < -0.3 is 4.74 Å². The fourth-order valence-electron chi connectivity index (χ4n) is 10.7. The van der Waals surface area contributed by atoms with E-state index < -0.39 is 0 Å². The molecule has 0 bridgehead atoms. The zero-order valence-corrected chi connectivity index (χ0v) is 32.0. The summed E-state index contributed by atoms with van der Waals surface area (Å²) in [6.07, 6.45) is 53.8. The van der Waals surface area contributed by atoms with Crippen LogP contribution in [-0.2, 0) is 4.74 Å². The summed E-state index contributed by atoms with van der Waals surface area (Å²) < 4.78 is 5.93. The van der Waals surface area contributed by atoms with Gasteiger partial charge in [0.1, 0.15) is 0 Å². The van der Waals surface area contributed by atoms with Crippen LogP contribution in [-0.4, -0.2) is 13.2 Å². The number of hydrogen-bond donors (Lipinski definition) is 0. The fraction of sp³-hybridized carbons (Fsp3) is 0.913. The smallest absolute Gasteiger partial charge is 0.0651 e. The van der Waals surface area contributed by atoms with E-state index in [0.717, 1.165) is 60.6 Å². The molecule has 4 rings (SSSR count). The minimum Gasteiger partial charge on any atom is -0.373 e. The van der Waals surface area contributed by atoms with E-state index in [1.54, 1.807) is 25.7 Å². The summed E-state index contributed by atoms with van der Waals surface area (Å²) in [6, 6.07) is 0. The third-order valence-electron chi connectivity index (χ3n) is 14.0. The molecule has 0 N–H and O–H groups in total. The Morgan fingerprint density at radius 3 is 1.02 bits per heavy atom. The molecule has 0 radical (unpaired) electrons. The van der Waals surface area contributed by atoms with Gasteiger partial charge >= 0.3 is 0 Å². The van der Waals surface area contributed by atoms with Crippen molar-refractivity contribution in [1.29, 1.82) is 0 Å². The number of unbranched alkanes of at least 4 members (excludes halogenated alkanes) is 8. The second-order valence-electron chi connectivity index (χ2n) is 17.5. The highest BCUT2D eigenvalue weighted by molar-refractivity contribution is 4.90. The molecule has 1 nitrogen and oxygen atoms in total. The van der Waals surface area contributed by atoms with E-state index >= 15 is 0 Å². The molecule has 0 aromatic carbocycles. The second kappa shape index (κ2) is 24.6. The molecular formula is C46H82O. The van der Waals surface area contributed by atoms with Gasteiger partial charge in [-0.1, -0.05) is 141 Å². The van der Waals surface area contributed by atoms with Crippen molar-refractivity contribution in [2.45, 2.75) is 206 Å². The van der Waals surface area contributed by atoms with E-state index in [1.807, 2.05) is 0 Å². The molecule has 4 fully saturated rings. The van der Waals surface area contributed by atoms with E-state index in [9.17, 15) is 0 Å². The van der Waals surface area contributed by atoms with Gasteiger partial charge in [0, 0.05) is 0 Å². The van der Waals surface area contributed by atoms with Crippen LogP contribution in [0.15, 0.2) is 24.3 Å². The van der Waals surface area contributed by atoms with Crippen LogP contribution >= 0.6 is 0 Å². The minimum absolute atomic E-state index is 0.785. The third-order valence-corrected chi connectivity index (χ3v) is 14.0. The predicted molar refractivity (Wildman–Crippen MR) is 207 cm³/mol. The number of hydrogen-bond acceptors (Lipinski definition) is 1. The zero-order chi connectivity index (χ0) is 32.8. The second-order valence-corrected chi connectivity index (χ2v) is 17.5. The zero-order valence-electron chi connectivity index (χ0n) is 32.0. The molecule has 0 unspecified atom stereocenters. The molecule has 47 heavy (non-hydrogen) atoms. The van der Waals surface area contributed by atoms with Gasteiger partial charge in [0.2, 0.25) is 0 Å². The maximum absolute atomic E-state index is 5.93. The van der Waals surface area contributed by atoms with Crippen LogP contribution in [0.4, 0.5) is 0 Å². The van der Waals surface area contributed by atoms with Crippen molar-refractivity contribution in [3.8, 4) is 0 Å². The van der Waals surface area contributed by atoms with Gasteiger partial charge in [0.15, 0.2) is 0 Å². The lowest BCUT2D eigenvalue weighted by Gasteiger charge is -2.38. The molecule has 0 aromatic rings. The van der Waals surface area contributed by atoms with Crippen molar-refractivity contribution >= 4 is 0 Å². The van der Waals surface area contributed by atoms with E-state index in [1.165, 1.54) is 167 Å². The molecule has 0 amide bonds. The topological polar surface area (TPSA) is 9.23 Å². The van der Waals surface area contributed by atoms with Crippen LogP contribution in [0, 0.1) is 47.3 Å². The fourth-order valence-corrected chi connectivity index (χ4v) is 10.7. The normalized spacial score (nSPS) is 32.4. The molecule has 0 heterocycles.